The third-order valence-corrected chi connectivity index (χ3v) is 2.21. The first-order valence-corrected chi connectivity index (χ1v) is 4.91. The van der Waals surface area contributed by atoms with Gasteiger partial charge in [-0.2, -0.15) is 5.26 Å². The zero-order valence-electron chi connectivity index (χ0n) is 7.42. The molecule has 0 aromatic heterocycles. The summed E-state index contributed by atoms with van der Waals surface area (Å²) in [5.41, 5.74) is 1.37. The summed E-state index contributed by atoms with van der Waals surface area (Å²) < 4.78 is 2.72. The molecule has 1 aromatic carbocycles. The monoisotopic (exact) mass is 227 g/mol. The van der Waals surface area contributed by atoms with Gasteiger partial charge in [0, 0.05) is 18.8 Å². The molecule has 0 heterocycles. The summed E-state index contributed by atoms with van der Waals surface area (Å²) in [6.07, 6.45) is 0. The lowest BCUT2D eigenvalue weighted by atomic mass is 10.2. The first kappa shape index (κ1) is 11.2. The molecule has 0 aliphatic carbocycles. The fourth-order valence-corrected chi connectivity index (χ4v) is 1.26. The lowest BCUT2D eigenvalue weighted by molar-refractivity contribution is 0.962. The third kappa shape index (κ3) is 3.11. The molecule has 0 saturated carbocycles. The van der Waals surface area contributed by atoms with E-state index in [-0.39, 0.29) is 0 Å². The fraction of sp³-hybridized carbons (Fsp3) is 0.222. The number of nitriles is 1. The molecule has 0 atom stereocenters. The summed E-state index contributed by atoms with van der Waals surface area (Å²) in [6.45, 7) is 1.49. The molecule has 74 valence electrons. The lowest BCUT2D eigenvalue weighted by Crippen LogP contribution is -2.14. The molecular formula is C9H10ClN3S. The zero-order chi connectivity index (χ0) is 10.4. The second kappa shape index (κ2) is 5.76. The van der Waals surface area contributed by atoms with Crippen molar-refractivity contribution in [3.63, 3.8) is 0 Å². The van der Waals surface area contributed by atoms with Crippen LogP contribution in [-0.4, -0.2) is 13.1 Å². The standard InChI is InChI=1S/C9H10ClN3S/c10-9-2-1-8(5-7(9)6-11)12-3-4-13-14/h1-2,5,12-14H,3-4H2. The van der Waals surface area contributed by atoms with Crippen LogP contribution in [0.25, 0.3) is 0 Å². The maximum Gasteiger partial charge on any atom is 0.101 e. The molecular weight excluding hydrogens is 218 g/mol. The van der Waals surface area contributed by atoms with E-state index in [0.717, 1.165) is 18.8 Å². The van der Waals surface area contributed by atoms with Crippen LogP contribution in [0.4, 0.5) is 5.69 Å². The van der Waals surface area contributed by atoms with Gasteiger partial charge in [0.1, 0.15) is 6.07 Å². The van der Waals surface area contributed by atoms with Gasteiger partial charge in [0.2, 0.25) is 0 Å². The van der Waals surface area contributed by atoms with E-state index in [1.54, 1.807) is 12.1 Å². The Morgan fingerprint density at radius 1 is 1.43 bits per heavy atom. The largest absolute Gasteiger partial charge is 0.384 e. The Kier molecular flexibility index (Phi) is 4.60. The van der Waals surface area contributed by atoms with Crippen LogP contribution < -0.4 is 10.0 Å². The van der Waals surface area contributed by atoms with E-state index in [4.69, 9.17) is 16.9 Å². The van der Waals surface area contributed by atoms with Gasteiger partial charge in [0.05, 0.1) is 10.6 Å². The van der Waals surface area contributed by atoms with Gasteiger partial charge in [-0.05, 0) is 18.2 Å². The van der Waals surface area contributed by atoms with Crippen molar-refractivity contribution < 1.29 is 0 Å². The van der Waals surface area contributed by atoms with E-state index in [9.17, 15) is 0 Å². The highest BCUT2D eigenvalue weighted by Crippen LogP contribution is 2.19. The van der Waals surface area contributed by atoms with E-state index in [2.05, 4.69) is 22.9 Å². The van der Waals surface area contributed by atoms with Crippen molar-refractivity contribution in [2.24, 2.45) is 0 Å². The predicted molar refractivity (Wildman–Crippen MR) is 61.6 cm³/mol. The number of nitrogens with zero attached hydrogens (tertiary/aromatic N) is 1. The Labute approximate surface area is 93.6 Å². The van der Waals surface area contributed by atoms with Crippen LogP contribution >= 0.6 is 24.4 Å². The molecule has 14 heavy (non-hydrogen) atoms. The van der Waals surface area contributed by atoms with Gasteiger partial charge in [0.25, 0.3) is 0 Å². The molecule has 0 aliphatic rings. The molecule has 0 amide bonds. The molecule has 0 spiro atoms. The summed E-state index contributed by atoms with van der Waals surface area (Å²) in [7, 11) is 0. The van der Waals surface area contributed by atoms with Crippen molar-refractivity contribution in [1.82, 2.24) is 4.72 Å². The summed E-state index contributed by atoms with van der Waals surface area (Å²) in [6, 6.07) is 7.29. The van der Waals surface area contributed by atoms with Crippen molar-refractivity contribution >= 4 is 30.1 Å². The average molecular weight is 228 g/mol. The fourth-order valence-electron chi connectivity index (χ4n) is 0.984. The maximum absolute atomic E-state index is 8.73. The summed E-state index contributed by atoms with van der Waals surface area (Å²) in [5.74, 6) is 0. The molecule has 1 rings (SSSR count). The van der Waals surface area contributed by atoms with Crippen molar-refractivity contribution in [1.29, 1.82) is 5.26 Å². The normalized spacial score (nSPS) is 9.50. The highest BCUT2D eigenvalue weighted by Gasteiger charge is 1.99. The number of rotatable bonds is 4. The number of hydrogen-bond acceptors (Lipinski definition) is 4. The molecule has 5 heteroatoms. The quantitative estimate of drug-likeness (QED) is 0.545. The van der Waals surface area contributed by atoms with Gasteiger partial charge in [-0.15, -0.1) is 0 Å². The second-order valence-electron chi connectivity index (χ2n) is 2.64. The number of halogens is 1. The number of hydrogen-bond donors (Lipinski definition) is 3. The number of thiol groups is 1. The zero-order valence-corrected chi connectivity index (χ0v) is 9.07. The minimum atomic E-state index is 0.477. The Balaban J connectivity index is 2.66. The lowest BCUT2D eigenvalue weighted by Gasteiger charge is -2.06. The second-order valence-corrected chi connectivity index (χ2v) is 3.36. The van der Waals surface area contributed by atoms with Gasteiger partial charge in [-0.1, -0.05) is 24.4 Å². The molecule has 0 radical (unpaired) electrons. The summed E-state index contributed by atoms with van der Waals surface area (Å²) in [4.78, 5) is 0. The van der Waals surface area contributed by atoms with E-state index in [1.807, 2.05) is 12.1 Å². The van der Waals surface area contributed by atoms with Crippen LogP contribution in [0.15, 0.2) is 18.2 Å². The topological polar surface area (TPSA) is 47.9 Å². The van der Waals surface area contributed by atoms with Gasteiger partial charge in [0.15, 0.2) is 0 Å². The molecule has 0 bridgehead atoms. The molecule has 1 aromatic rings. The third-order valence-electron chi connectivity index (χ3n) is 1.65. The maximum atomic E-state index is 8.73. The Morgan fingerprint density at radius 3 is 2.86 bits per heavy atom. The Bertz CT molecular complexity index is 348. The first-order chi connectivity index (χ1) is 6.77. The van der Waals surface area contributed by atoms with E-state index in [0.29, 0.717) is 10.6 Å². The van der Waals surface area contributed by atoms with Crippen LogP contribution in [0.3, 0.4) is 0 Å². The van der Waals surface area contributed by atoms with Crippen LogP contribution in [0, 0.1) is 11.3 Å². The smallest absolute Gasteiger partial charge is 0.101 e. The molecule has 2 N–H and O–H groups in total. The average Bonchev–Trinajstić information content (AvgIpc) is 2.21. The van der Waals surface area contributed by atoms with Gasteiger partial charge in [-0.3, -0.25) is 4.72 Å². The number of anilines is 1. The molecule has 0 saturated heterocycles. The molecule has 0 fully saturated rings. The SMILES string of the molecule is N#Cc1cc(NCCNS)ccc1Cl. The van der Waals surface area contributed by atoms with Crippen molar-refractivity contribution in [2.75, 3.05) is 18.4 Å². The van der Waals surface area contributed by atoms with Crippen molar-refractivity contribution in [3.8, 4) is 6.07 Å². The number of nitrogens with one attached hydrogen (secondary N) is 2. The highest BCUT2D eigenvalue weighted by molar-refractivity contribution is 7.78. The minimum absolute atomic E-state index is 0.477. The van der Waals surface area contributed by atoms with E-state index < -0.39 is 0 Å². The molecule has 3 nitrogen and oxygen atoms in total. The van der Waals surface area contributed by atoms with E-state index >= 15 is 0 Å². The van der Waals surface area contributed by atoms with Gasteiger partial charge >= 0.3 is 0 Å². The van der Waals surface area contributed by atoms with Gasteiger partial charge in [-0.25, -0.2) is 0 Å². The van der Waals surface area contributed by atoms with Crippen LogP contribution in [0.1, 0.15) is 5.56 Å². The van der Waals surface area contributed by atoms with Crippen LogP contribution in [0.2, 0.25) is 5.02 Å². The first-order valence-electron chi connectivity index (χ1n) is 4.08. The summed E-state index contributed by atoms with van der Waals surface area (Å²) >= 11 is 9.64. The summed E-state index contributed by atoms with van der Waals surface area (Å²) in [5, 5.41) is 12.3. The van der Waals surface area contributed by atoms with Crippen LogP contribution in [-0.2, 0) is 0 Å². The predicted octanol–water partition coefficient (Wildman–Crippen LogP) is 2.06. The Hall–Kier alpha value is -0.890. The van der Waals surface area contributed by atoms with E-state index in [1.165, 1.54) is 0 Å². The van der Waals surface area contributed by atoms with Crippen molar-refractivity contribution in [2.45, 2.75) is 0 Å². The molecule has 0 aliphatic heterocycles. The highest BCUT2D eigenvalue weighted by atomic mass is 35.5. The number of benzene rings is 1. The van der Waals surface area contributed by atoms with Crippen LogP contribution in [0.5, 0.6) is 0 Å². The van der Waals surface area contributed by atoms with Crippen molar-refractivity contribution in [3.05, 3.63) is 28.8 Å². The Morgan fingerprint density at radius 2 is 2.21 bits per heavy atom. The molecule has 0 unspecified atom stereocenters. The minimum Gasteiger partial charge on any atom is -0.384 e. The van der Waals surface area contributed by atoms with Gasteiger partial charge < -0.3 is 5.32 Å².